The van der Waals surface area contributed by atoms with Gasteiger partial charge in [-0.2, -0.15) is 5.10 Å². The molecule has 0 rings (SSSR count). The summed E-state index contributed by atoms with van der Waals surface area (Å²) in [6.07, 6.45) is 2.16. The highest BCUT2D eigenvalue weighted by Gasteiger charge is 2.16. The average Bonchev–Trinajstić information content (AvgIpc) is 1.95. The van der Waals surface area contributed by atoms with Gasteiger partial charge in [0.2, 0.25) is 0 Å². The van der Waals surface area contributed by atoms with E-state index in [-0.39, 0.29) is 5.41 Å². The third-order valence-corrected chi connectivity index (χ3v) is 1.78. The molecule has 0 saturated carbocycles. The third-order valence-electron chi connectivity index (χ3n) is 1.78. The molecule has 0 unspecified atom stereocenters. The van der Waals surface area contributed by atoms with Crippen molar-refractivity contribution in [3.05, 3.63) is 0 Å². The van der Waals surface area contributed by atoms with Crippen LogP contribution < -0.4 is 5.43 Å². The highest BCUT2D eigenvalue weighted by Crippen LogP contribution is 2.17. The Hall–Kier alpha value is -0.530. The van der Waals surface area contributed by atoms with Gasteiger partial charge in [0.05, 0.1) is 0 Å². The van der Waals surface area contributed by atoms with Crippen molar-refractivity contribution in [3.8, 4) is 0 Å². The minimum absolute atomic E-state index is 0.204. The molecule has 12 heavy (non-hydrogen) atoms. The number of hydrogen-bond donors (Lipinski definition) is 1. The SMILES string of the molecule is CCCN/N=C(\CC)C(C)(C)C. The Labute approximate surface area is 76.4 Å². The van der Waals surface area contributed by atoms with Crippen molar-refractivity contribution in [2.24, 2.45) is 10.5 Å². The van der Waals surface area contributed by atoms with Crippen LogP contribution in [-0.4, -0.2) is 12.3 Å². The van der Waals surface area contributed by atoms with Gasteiger partial charge in [-0.1, -0.05) is 34.6 Å². The molecule has 0 aliphatic carbocycles. The fourth-order valence-electron chi connectivity index (χ4n) is 1.04. The smallest absolute Gasteiger partial charge is 0.0428 e. The Kier molecular flexibility index (Phi) is 4.95. The van der Waals surface area contributed by atoms with Crippen LogP contribution in [0.5, 0.6) is 0 Å². The molecular formula is C10H22N2. The molecule has 0 saturated heterocycles. The van der Waals surface area contributed by atoms with Crippen LogP contribution in [0.15, 0.2) is 5.10 Å². The fraction of sp³-hybridized carbons (Fsp3) is 0.900. The minimum atomic E-state index is 0.204. The Balaban J connectivity index is 4.05. The highest BCUT2D eigenvalue weighted by atomic mass is 15.3. The van der Waals surface area contributed by atoms with Crippen molar-refractivity contribution in [3.63, 3.8) is 0 Å². The molecule has 0 aromatic rings. The van der Waals surface area contributed by atoms with Crippen LogP contribution >= 0.6 is 0 Å². The monoisotopic (exact) mass is 170 g/mol. The van der Waals surface area contributed by atoms with E-state index in [0.717, 1.165) is 19.4 Å². The molecule has 0 aliphatic rings. The lowest BCUT2D eigenvalue weighted by Crippen LogP contribution is -2.23. The van der Waals surface area contributed by atoms with E-state index in [9.17, 15) is 0 Å². The van der Waals surface area contributed by atoms with Gasteiger partial charge in [-0.25, -0.2) is 0 Å². The van der Waals surface area contributed by atoms with E-state index < -0.39 is 0 Å². The van der Waals surface area contributed by atoms with E-state index >= 15 is 0 Å². The number of hydrogen-bond acceptors (Lipinski definition) is 2. The first kappa shape index (κ1) is 11.5. The molecule has 0 spiro atoms. The average molecular weight is 170 g/mol. The maximum atomic E-state index is 4.37. The first-order valence-electron chi connectivity index (χ1n) is 4.82. The van der Waals surface area contributed by atoms with Gasteiger partial charge in [0.25, 0.3) is 0 Å². The Morgan fingerprint density at radius 1 is 1.25 bits per heavy atom. The van der Waals surface area contributed by atoms with E-state index in [1.54, 1.807) is 0 Å². The van der Waals surface area contributed by atoms with Gasteiger partial charge in [-0.05, 0) is 12.8 Å². The van der Waals surface area contributed by atoms with Gasteiger partial charge in [-0.15, -0.1) is 0 Å². The van der Waals surface area contributed by atoms with Gasteiger partial charge >= 0.3 is 0 Å². The first-order valence-corrected chi connectivity index (χ1v) is 4.82. The summed E-state index contributed by atoms with van der Waals surface area (Å²) >= 11 is 0. The van der Waals surface area contributed by atoms with E-state index in [4.69, 9.17) is 0 Å². The van der Waals surface area contributed by atoms with E-state index in [2.05, 4.69) is 45.1 Å². The Morgan fingerprint density at radius 2 is 1.83 bits per heavy atom. The molecule has 0 fully saturated rings. The molecule has 2 heteroatoms. The molecule has 1 N–H and O–H groups in total. The van der Waals surface area contributed by atoms with E-state index in [0.29, 0.717) is 0 Å². The first-order chi connectivity index (χ1) is 5.52. The minimum Gasteiger partial charge on any atom is -0.310 e. The summed E-state index contributed by atoms with van der Waals surface area (Å²) in [5.74, 6) is 0. The highest BCUT2D eigenvalue weighted by molar-refractivity contribution is 5.88. The summed E-state index contributed by atoms with van der Waals surface area (Å²) in [6.45, 7) is 11.9. The van der Waals surface area contributed by atoms with Gasteiger partial charge < -0.3 is 5.43 Å². The molecule has 0 heterocycles. The molecule has 0 aromatic heterocycles. The van der Waals surface area contributed by atoms with Crippen LogP contribution in [0.25, 0.3) is 0 Å². The molecule has 0 radical (unpaired) electrons. The van der Waals surface area contributed by atoms with Crippen LogP contribution in [0.2, 0.25) is 0 Å². The second-order valence-corrected chi connectivity index (χ2v) is 4.07. The maximum Gasteiger partial charge on any atom is 0.0428 e. The largest absolute Gasteiger partial charge is 0.310 e. The second kappa shape index (κ2) is 5.18. The summed E-state index contributed by atoms with van der Waals surface area (Å²) in [5, 5.41) is 4.37. The van der Waals surface area contributed by atoms with Crippen molar-refractivity contribution in [2.75, 3.05) is 6.54 Å². The zero-order valence-corrected chi connectivity index (χ0v) is 9.07. The maximum absolute atomic E-state index is 4.37. The zero-order valence-electron chi connectivity index (χ0n) is 9.07. The lowest BCUT2D eigenvalue weighted by molar-refractivity contribution is 0.565. The Morgan fingerprint density at radius 3 is 2.17 bits per heavy atom. The third kappa shape index (κ3) is 4.37. The zero-order chi connectivity index (χ0) is 9.61. The van der Waals surface area contributed by atoms with E-state index in [1.165, 1.54) is 5.71 Å². The Bertz CT molecular complexity index is 142. The molecule has 0 atom stereocenters. The number of nitrogens with one attached hydrogen (secondary N) is 1. The lowest BCUT2D eigenvalue weighted by Gasteiger charge is -2.20. The van der Waals surface area contributed by atoms with Crippen LogP contribution in [0.3, 0.4) is 0 Å². The van der Waals surface area contributed by atoms with Crippen molar-refractivity contribution < 1.29 is 0 Å². The molecule has 0 aromatic carbocycles. The predicted octanol–water partition coefficient (Wildman–Crippen LogP) is 2.80. The van der Waals surface area contributed by atoms with Gasteiger partial charge in [0, 0.05) is 17.7 Å². The van der Waals surface area contributed by atoms with Crippen LogP contribution in [0.1, 0.15) is 47.5 Å². The number of hydrazone groups is 1. The van der Waals surface area contributed by atoms with Gasteiger partial charge in [0.1, 0.15) is 0 Å². The number of rotatable bonds is 4. The van der Waals surface area contributed by atoms with Crippen molar-refractivity contribution in [1.82, 2.24) is 5.43 Å². The second-order valence-electron chi connectivity index (χ2n) is 4.07. The molecule has 0 bridgehead atoms. The van der Waals surface area contributed by atoms with Crippen LogP contribution in [0, 0.1) is 5.41 Å². The summed E-state index contributed by atoms with van der Waals surface area (Å²) in [7, 11) is 0. The summed E-state index contributed by atoms with van der Waals surface area (Å²) < 4.78 is 0. The van der Waals surface area contributed by atoms with Crippen molar-refractivity contribution in [2.45, 2.75) is 47.5 Å². The molecular weight excluding hydrogens is 148 g/mol. The van der Waals surface area contributed by atoms with E-state index in [1.807, 2.05) is 0 Å². The molecule has 72 valence electrons. The van der Waals surface area contributed by atoms with Crippen LogP contribution in [0.4, 0.5) is 0 Å². The standard InChI is InChI=1S/C10H22N2/c1-6-8-11-12-9(7-2)10(3,4)5/h11H,6-8H2,1-5H3/b12-9+. The van der Waals surface area contributed by atoms with Crippen LogP contribution in [-0.2, 0) is 0 Å². The summed E-state index contributed by atoms with van der Waals surface area (Å²) in [6, 6.07) is 0. The quantitative estimate of drug-likeness (QED) is 0.391. The lowest BCUT2D eigenvalue weighted by atomic mass is 9.88. The molecule has 0 aliphatic heterocycles. The topological polar surface area (TPSA) is 24.4 Å². The summed E-state index contributed by atoms with van der Waals surface area (Å²) in [5.41, 5.74) is 4.53. The molecule has 0 amide bonds. The van der Waals surface area contributed by atoms with Gasteiger partial charge in [-0.3, -0.25) is 0 Å². The van der Waals surface area contributed by atoms with Crippen molar-refractivity contribution in [1.29, 1.82) is 0 Å². The van der Waals surface area contributed by atoms with Gasteiger partial charge in [0.15, 0.2) is 0 Å². The molecule has 2 nitrogen and oxygen atoms in total. The number of nitrogens with zero attached hydrogens (tertiary/aromatic N) is 1. The van der Waals surface area contributed by atoms with Crippen molar-refractivity contribution >= 4 is 5.71 Å². The summed E-state index contributed by atoms with van der Waals surface area (Å²) in [4.78, 5) is 0. The predicted molar refractivity (Wildman–Crippen MR) is 55.5 cm³/mol. The normalized spacial score (nSPS) is 13.2. The fourth-order valence-corrected chi connectivity index (χ4v) is 1.04.